The first-order chi connectivity index (χ1) is 16.8. The summed E-state index contributed by atoms with van der Waals surface area (Å²) in [5.74, 6) is -0.953. The number of nitrogens with zero attached hydrogens (tertiary/aromatic N) is 1. The minimum Gasteiger partial charge on any atom is -0.493 e. The van der Waals surface area contributed by atoms with Crippen molar-refractivity contribution < 1.29 is 23.8 Å². The molecule has 0 aliphatic carbocycles. The number of aromatic nitrogens is 2. The maximum Gasteiger partial charge on any atom is 0.258 e. The van der Waals surface area contributed by atoms with E-state index in [0.29, 0.717) is 33.6 Å². The van der Waals surface area contributed by atoms with E-state index in [4.69, 9.17) is 25.8 Å². The molecule has 0 saturated heterocycles. The minimum atomic E-state index is -1.07. The molecule has 1 aliphatic heterocycles. The van der Waals surface area contributed by atoms with E-state index in [1.165, 1.54) is 21.3 Å². The summed E-state index contributed by atoms with van der Waals surface area (Å²) in [6.07, 6.45) is -0.224. The first-order valence-electron chi connectivity index (χ1n) is 10.4. The van der Waals surface area contributed by atoms with Crippen LogP contribution in [0.1, 0.15) is 17.9 Å². The Morgan fingerprint density at radius 2 is 1.69 bits per heavy atom. The zero-order chi connectivity index (χ0) is 25.1. The molecule has 3 aromatic rings. The van der Waals surface area contributed by atoms with E-state index in [9.17, 15) is 14.4 Å². The summed E-state index contributed by atoms with van der Waals surface area (Å²) < 4.78 is 15.9. The maximum atomic E-state index is 13.2. The van der Waals surface area contributed by atoms with Crippen LogP contribution in [-0.4, -0.2) is 43.1 Å². The number of benzene rings is 2. The lowest BCUT2D eigenvalue weighted by Crippen LogP contribution is -2.36. The normalized spacial score (nSPS) is 14.4. The van der Waals surface area contributed by atoms with Crippen molar-refractivity contribution in [3.63, 3.8) is 0 Å². The summed E-state index contributed by atoms with van der Waals surface area (Å²) in [5, 5.41) is 8.78. The van der Waals surface area contributed by atoms with Crippen molar-refractivity contribution in [3.05, 3.63) is 57.3 Å². The molecule has 0 fully saturated rings. The van der Waals surface area contributed by atoms with Gasteiger partial charge in [0.15, 0.2) is 11.5 Å². The second-order valence-electron chi connectivity index (χ2n) is 7.52. The standard InChI is InChI=1S/C23H22ClN5O6/c1-33-15-8-13(9-16(34-2)19(15)35-3)25-21(31)14-10-17(30)27-20-18(14)22(32)29-23(28-20)26-12-6-4-11(24)5-7-12/h4-9,14H,10H2,1-3H3,(H,25,31)(H3,26,27,28,29,30,32). The first kappa shape index (κ1) is 23.9. The fourth-order valence-electron chi connectivity index (χ4n) is 3.71. The van der Waals surface area contributed by atoms with Gasteiger partial charge in [-0.2, -0.15) is 4.98 Å². The number of anilines is 4. The van der Waals surface area contributed by atoms with Gasteiger partial charge in [0.25, 0.3) is 5.56 Å². The second kappa shape index (κ2) is 9.94. The number of carbonyl (C=O) groups is 2. The number of nitrogens with one attached hydrogen (secondary N) is 4. The molecule has 2 aromatic carbocycles. The second-order valence-corrected chi connectivity index (χ2v) is 7.95. The summed E-state index contributed by atoms with van der Waals surface area (Å²) in [7, 11) is 4.36. The number of fused-ring (bicyclic) bond motifs is 1. The molecule has 1 atom stereocenters. The van der Waals surface area contributed by atoms with Crippen LogP contribution in [0.2, 0.25) is 5.02 Å². The van der Waals surface area contributed by atoms with Gasteiger partial charge in [-0.05, 0) is 24.3 Å². The Kier molecular flexibility index (Phi) is 6.78. The Morgan fingerprint density at radius 1 is 1.03 bits per heavy atom. The van der Waals surface area contributed by atoms with Gasteiger partial charge < -0.3 is 30.2 Å². The van der Waals surface area contributed by atoms with Crippen LogP contribution in [0.25, 0.3) is 0 Å². The van der Waals surface area contributed by atoms with Crippen molar-refractivity contribution in [2.24, 2.45) is 0 Å². The lowest BCUT2D eigenvalue weighted by Gasteiger charge is -2.24. The van der Waals surface area contributed by atoms with Crippen molar-refractivity contribution in [1.82, 2.24) is 9.97 Å². The number of hydrogen-bond acceptors (Lipinski definition) is 8. The zero-order valence-electron chi connectivity index (χ0n) is 19.0. The molecule has 11 nitrogen and oxygen atoms in total. The highest BCUT2D eigenvalue weighted by Crippen LogP contribution is 2.40. The third-order valence-corrected chi connectivity index (χ3v) is 5.56. The topological polar surface area (TPSA) is 144 Å². The van der Waals surface area contributed by atoms with E-state index in [1.54, 1.807) is 36.4 Å². The van der Waals surface area contributed by atoms with Gasteiger partial charge >= 0.3 is 0 Å². The van der Waals surface area contributed by atoms with Crippen molar-refractivity contribution >= 4 is 46.6 Å². The molecule has 2 heterocycles. The monoisotopic (exact) mass is 499 g/mol. The molecule has 12 heteroatoms. The number of hydrogen-bond donors (Lipinski definition) is 4. The average molecular weight is 500 g/mol. The average Bonchev–Trinajstić information content (AvgIpc) is 2.83. The predicted molar refractivity (Wildman–Crippen MR) is 130 cm³/mol. The van der Waals surface area contributed by atoms with Crippen LogP contribution < -0.4 is 35.7 Å². The molecule has 0 radical (unpaired) electrons. The fourth-order valence-corrected chi connectivity index (χ4v) is 3.83. The molecule has 4 N–H and O–H groups in total. The number of rotatable bonds is 7. The minimum absolute atomic E-state index is 0.00602. The maximum absolute atomic E-state index is 13.2. The molecule has 0 spiro atoms. The summed E-state index contributed by atoms with van der Waals surface area (Å²) >= 11 is 5.90. The van der Waals surface area contributed by atoms with Crippen LogP contribution >= 0.6 is 11.6 Å². The number of carbonyl (C=O) groups excluding carboxylic acids is 2. The predicted octanol–water partition coefficient (Wildman–Crippen LogP) is 3.26. The Bertz CT molecular complexity index is 1320. The van der Waals surface area contributed by atoms with Crippen LogP contribution in [0.5, 0.6) is 17.2 Å². The van der Waals surface area contributed by atoms with Crippen molar-refractivity contribution in [2.75, 3.05) is 37.3 Å². The number of ether oxygens (including phenoxy) is 3. The number of H-pyrrole nitrogens is 1. The zero-order valence-corrected chi connectivity index (χ0v) is 19.8. The van der Waals surface area contributed by atoms with Crippen molar-refractivity contribution in [2.45, 2.75) is 12.3 Å². The lowest BCUT2D eigenvalue weighted by atomic mass is 9.92. The third-order valence-electron chi connectivity index (χ3n) is 5.31. The van der Waals surface area contributed by atoms with Crippen molar-refractivity contribution in [1.29, 1.82) is 0 Å². The smallest absolute Gasteiger partial charge is 0.258 e. The van der Waals surface area contributed by atoms with Crippen LogP contribution in [0, 0.1) is 0 Å². The van der Waals surface area contributed by atoms with Gasteiger partial charge in [0.2, 0.25) is 23.5 Å². The summed E-state index contributed by atoms with van der Waals surface area (Å²) in [6.45, 7) is 0. The van der Waals surface area contributed by atoms with E-state index in [0.717, 1.165) is 0 Å². The fraction of sp³-hybridized carbons (Fsp3) is 0.217. The van der Waals surface area contributed by atoms with Gasteiger partial charge in [-0.15, -0.1) is 0 Å². The van der Waals surface area contributed by atoms with Gasteiger partial charge in [0.05, 0.1) is 32.8 Å². The SMILES string of the molecule is COc1cc(NC(=O)C2CC(=O)Nc3nc(Nc4ccc(Cl)cc4)[nH]c(=O)c32)cc(OC)c1OC. The van der Waals surface area contributed by atoms with Crippen LogP contribution in [-0.2, 0) is 9.59 Å². The van der Waals surface area contributed by atoms with E-state index in [-0.39, 0.29) is 23.8 Å². The van der Waals surface area contributed by atoms with E-state index in [1.807, 2.05) is 0 Å². The van der Waals surface area contributed by atoms with E-state index >= 15 is 0 Å². The molecular weight excluding hydrogens is 478 g/mol. The summed E-state index contributed by atoms with van der Waals surface area (Å²) in [6, 6.07) is 9.84. The molecule has 182 valence electrons. The highest BCUT2D eigenvalue weighted by atomic mass is 35.5. The molecular formula is C23H22ClN5O6. The highest BCUT2D eigenvalue weighted by molar-refractivity contribution is 6.30. The molecule has 0 bridgehead atoms. The number of methoxy groups -OCH3 is 3. The third kappa shape index (κ3) is 4.99. The van der Waals surface area contributed by atoms with Crippen LogP contribution in [0.4, 0.5) is 23.1 Å². The Balaban J connectivity index is 1.64. The first-order valence-corrected chi connectivity index (χ1v) is 10.8. The Hall–Kier alpha value is -4.25. The van der Waals surface area contributed by atoms with Gasteiger partial charge in [-0.25, -0.2) is 0 Å². The Labute approximate surface area is 204 Å². The van der Waals surface area contributed by atoms with Gasteiger partial charge in [-0.3, -0.25) is 19.4 Å². The highest BCUT2D eigenvalue weighted by Gasteiger charge is 2.35. The quantitative estimate of drug-likeness (QED) is 0.388. The Morgan fingerprint density at radius 3 is 2.29 bits per heavy atom. The van der Waals surface area contributed by atoms with Gasteiger partial charge in [-0.1, -0.05) is 11.6 Å². The number of aromatic amines is 1. The molecule has 1 aromatic heterocycles. The molecule has 1 aliphatic rings. The molecule has 35 heavy (non-hydrogen) atoms. The van der Waals surface area contributed by atoms with Gasteiger partial charge in [0.1, 0.15) is 5.82 Å². The number of halogens is 1. The number of amides is 2. The summed E-state index contributed by atoms with van der Waals surface area (Å²) in [5.41, 5.74) is 0.450. The molecule has 1 unspecified atom stereocenters. The van der Waals surface area contributed by atoms with Crippen LogP contribution in [0.3, 0.4) is 0 Å². The van der Waals surface area contributed by atoms with Crippen LogP contribution in [0.15, 0.2) is 41.2 Å². The molecule has 2 amide bonds. The van der Waals surface area contributed by atoms with E-state index < -0.39 is 23.3 Å². The van der Waals surface area contributed by atoms with Gasteiger partial charge in [0, 0.05) is 35.0 Å². The molecule has 0 saturated carbocycles. The molecule has 4 rings (SSSR count). The van der Waals surface area contributed by atoms with Crippen molar-refractivity contribution in [3.8, 4) is 17.2 Å². The summed E-state index contributed by atoms with van der Waals surface area (Å²) in [4.78, 5) is 45.4. The van der Waals surface area contributed by atoms with E-state index in [2.05, 4.69) is 25.9 Å². The lowest BCUT2D eigenvalue weighted by molar-refractivity contribution is -0.123. The largest absolute Gasteiger partial charge is 0.493 e.